The largest absolute Gasteiger partial charge is 0.323 e. The molecule has 0 unspecified atom stereocenters. The number of nitrogens with one attached hydrogen (secondary N) is 1. The van der Waals surface area contributed by atoms with Crippen LogP contribution in [0.4, 0.5) is 0 Å². The minimum absolute atomic E-state index is 0.227. The van der Waals surface area contributed by atoms with Gasteiger partial charge < -0.3 is 4.57 Å². The van der Waals surface area contributed by atoms with Crippen molar-refractivity contribution in [3.05, 3.63) is 76.2 Å². The molecule has 0 radical (unpaired) electrons. The molecule has 22 heavy (non-hydrogen) atoms. The highest BCUT2D eigenvalue weighted by molar-refractivity contribution is 7.11. The van der Waals surface area contributed by atoms with E-state index in [1.54, 1.807) is 23.6 Å². The zero-order chi connectivity index (χ0) is 15.4. The smallest absolute Gasteiger partial charge is 0.273 e. The van der Waals surface area contributed by atoms with E-state index in [2.05, 4.69) is 10.5 Å². The van der Waals surface area contributed by atoms with Crippen molar-refractivity contribution < 1.29 is 4.79 Å². The summed E-state index contributed by atoms with van der Waals surface area (Å²) < 4.78 is 1.90. The Hall–Kier alpha value is -2.66. The first-order chi connectivity index (χ1) is 10.8. The van der Waals surface area contributed by atoms with Gasteiger partial charge in [-0.15, -0.1) is 11.3 Å². The number of amides is 1. The van der Waals surface area contributed by atoms with Crippen LogP contribution in [0.5, 0.6) is 0 Å². The number of nitrogens with zero attached hydrogens (tertiary/aromatic N) is 2. The summed E-state index contributed by atoms with van der Waals surface area (Å²) in [6.45, 7) is 2.01. The zero-order valence-electron chi connectivity index (χ0n) is 12.1. The van der Waals surface area contributed by atoms with Gasteiger partial charge in [0.15, 0.2) is 0 Å². The number of para-hydroxylation sites is 1. The number of hydrogen-bond acceptors (Lipinski definition) is 3. The summed E-state index contributed by atoms with van der Waals surface area (Å²) in [4.78, 5) is 13.4. The van der Waals surface area contributed by atoms with Crippen LogP contribution in [0.25, 0.3) is 5.69 Å². The van der Waals surface area contributed by atoms with Crippen LogP contribution in [0.3, 0.4) is 0 Å². The highest BCUT2D eigenvalue weighted by Crippen LogP contribution is 2.15. The summed E-state index contributed by atoms with van der Waals surface area (Å²) >= 11 is 1.59. The first-order valence-electron chi connectivity index (χ1n) is 6.85. The Morgan fingerprint density at radius 2 is 1.95 bits per heavy atom. The number of carbonyl (C=O) groups is 1. The summed E-state index contributed by atoms with van der Waals surface area (Å²) in [5.41, 5.74) is 5.15. The van der Waals surface area contributed by atoms with E-state index in [9.17, 15) is 4.79 Å². The molecule has 110 valence electrons. The highest BCUT2D eigenvalue weighted by Gasteiger charge is 2.10. The molecule has 3 rings (SSSR count). The van der Waals surface area contributed by atoms with Crippen molar-refractivity contribution in [1.82, 2.24) is 9.99 Å². The number of rotatable bonds is 4. The van der Waals surface area contributed by atoms with Crippen molar-refractivity contribution in [2.24, 2.45) is 5.10 Å². The molecule has 3 aromatic rings. The molecule has 0 fully saturated rings. The Morgan fingerprint density at radius 1 is 1.18 bits per heavy atom. The van der Waals surface area contributed by atoms with Crippen LogP contribution in [0, 0.1) is 6.92 Å². The topological polar surface area (TPSA) is 46.4 Å². The summed E-state index contributed by atoms with van der Waals surface area (Å²) in [6.07, 6.45) is 5.49. The SMILES string of the molecule is Cc1ccsc1/C=N/NC(=O)c1ccccc1-n1cccc1. The van der Waals surface area contributed by atoms with Crippen molar-refractivity contribution >= 4 is 23.5 Å². The van der Waals surface area contributed by atoms with Crippen LogP contribution in [0.1, 0.15) is 20.8 Å². The quantitative estimate of drug-likeness (QED) is 0.581. The van der Waals surface area contributed by atoms with Crippen LogP contribution >= 0.6 is 11.3 Å². The maximum atomic E-state index is 12.3. The molecule has 1 N–H and O–H groups in total. The molecule has 0 aliphatic heterocycles. The highest BCUT2D eigenvalue weighted by atomic mass is 32.1. The number of thiophene rings is 1. The van der Waals surface area contributed by atoms with E-state index in [0.717, 1.165) is 16.1 Å². The van der Waals surface area contributed by atoms with Crippen LogP contribution in [0.2, 0.25) is 0 Å². The molecule has 0 bridgehead atoms. The summed E-state index contributed by atoms with van der Waals surface area (Å²) in [7, 11) is 0. The molecule has 0 spiro atoms. The van der Waals surface area contributed by atoms with Gasteiger partial charge in [-0.05, 0) is 48.2 Å². The van der Waals surface area contributed by atoms with Gasteiger partial charge in [0.2, 0.25) is 0 Å². The Morgan fingerprint density at radius 3 is 2.68 bits per heavy atom. The predicted molar refractivity (Wildman–Crippen MR) is 89.9 cm³/mol. The molecule has 0 aliphatic rings. The summed E-state index contributed by atoms with van der Waals surface area (Å²) in [5.74, 6) is -0.227. The van der Waals surface area contributed by atoms with Gasteiger partial charge in [0.1, 0.15) is 0 Å². The molecule has 0 saturated heterocycles. The van der Waals surface area contributed by atoms with E-state index >= 15 is 0 Å². The minimum Gasteiger partial charge on any atom is -0.323 e. The summed E-state index contributed by atoms with van der Waals surface area (Å²) in [6, 6.07) is 13.3. The van der Waals surface area contributed by atoms with Crippen LogP contribution in [0.15, 0.2) is 65.3 Å². The van der Waals surface area contributed by atoms with E-state index in [1.807, 2.05) is 65.7 Å². The fraction of sp³-hybridized carbons (Fsp3) is 0.0588. The standard InChI is InChI=1S/C17H15N3OS/c1-13-8-11-22-16(13)12-18-19-17(21)14-6-2-3-7-15(14)20-9-4-5-10-20/h2-12H,1H3,(H,19,21)/b18-12+. The van der Waals surface area contributed by atoms with Gasteiger partial charge in [0.25, 0.3) is 5.91 Å². The number of hydrogen-bond donors (Lipinski definition) is 1. The second-order valence-corrected chi connectivity index (χ2v) is 5.72. The molecular formula is C17H15N3OS. The summed E-state index contributed by atoms with van der Waals surface area (Å²) in [5, 5.41) is 6.05. The van der Waals surface area contributed by atoms with Gasteiger partial charge in [-0.2, -0.15) is 5.10 Å². The molecule has 4 nitrogen and oxygen atoms in total. The number of benzene rings is 1. The predicted octanol–water partition coefficient (Wildman–Crippen LogP) is 3.61. The van der Waals surface area contributed by atoms with Gasteiger partial charge in [-0.25, -0.2) is 5.43 Å². The average Bonchev–Trinajstić information content (AvgIpc) is 3.19. The second-order valence-electron chi connectivity index (χ2n) is 4.77. The van der Waals surface area contributed by atoms with Crippen molar-refractivity contribution in [1.29, 1.82) is 0 Å². The average molecular weight is 309 g/mol. The zero-order valence-corrected chi connectivity index (χ0v) is 12.9. The Labute approximate surface area is 132 Å². The third-order valence-corrected chi connectivity index (χ3v) is 4.23. The Kier molecular flexibility index (Phi) is 4.16. The lowest BCUT2D eigenvalue weighted by Gasteiger charge is -2.08. The maximum absolute atomic E-state index is 12.3. The Bertz CT molecular complexity index is 803. The van der Waals surface area contributed by atoms with Crippen molar-refractivity contribution in [3.63, 3.8) is 0 Å². The molecule has 1 aromatic carbocycles. The van der Waals surface area contributed by atoms with Gasteiger partial charge in [-0.3, -0.25) is 4.79 Å². The molecule has 5 heteroatoms. The number of aryl methyl sites for hydroxylation is 1. The molecule has 1 amide bonds. The minimum atomic E-state index is -0.227. The molecule has 0 aliphatic carbocycles. The molecule has 0 atom stereocenters. The molecule has 2 heterocycles. The van der Waals surface area contributed by atoms with E-state index in [4.69, 9.17) is 0 Å². The van der Waals surface area contributed by atoms with Crippen LogP contribution < -0.4 is 5.43 Å². The second kappa shape index (κ2) is 6.41. The fourth-order valence-corrected chi connectivity index (χ4v) is 2.90. The lowest BCUT2D eigenvalue weighted by Crippen LogP contribution is -2.19. The number of hydrazone groups is 1. The third-order valence-electron chi connectivity index (χ3n) is 3.28. The van der Waals surface area contributed by atoms with Crippen molar-refractivity contribution in [3.8, 4) is 5.69 Å². The van der Waals surface area contributed by atoms with Crippen LogP contribution in [-0.4, -0.2) is 16.7 Å². The molecular weight excluding hydrogens is 294 g/mol. The third kappa shape index (κ3) is 2.99. The van der Waals surface area contributed by atoms with Crippen molar-refractivity contribution in [2.75, 3.05) is 0 Å². The fourth-order valence-electron chi connectivity index (χ4n) is 2.11. The van der Waals surface area contributed by atoms with Gasteiger partial charge in [0.05, 0.1) is 17.5 Å². The van der Waals surface area contributed by atoms with E-state index < -0.39 is 0 Å². The number of aromatic nitrogens is 1. The first-order valence-corrected chi connectivity index (χ1v) is 7.73. The van der Waals surface area contributed by atoms with E-state index in [-0.39, 0.29) is 5.91 Å². The Balaban J connectivity index is 1.79. The van der Waals surface area contributed by atoms with E-state index in [1.165, 1.54) is 0 Å². The van der Waals surface area contributed by atoms with Gasteiger partial charge in [-0.1, -0.05) is 12.1 Å². The lowest BCUT2D eigenvalue weighted by molar-refractivity contribution is 0.0955. The normalized spacial score (nSPS) is 11.0. The van der Waals surface area contributed by atoms with Crippen LogP contribution in [-0.2, 0) is 0 Å². The van der Waals surface area contributed by atoms with Gasteiger partial charge in [0, 0.05) is 17.3 Å². The van der Waals surface area contributed by atoms with E-state index in [0.29, 0.717) is 5.56 Å². The molecule has 0 saturated carbocycles. The molecule has 2 aromatic heterocycles. The monoisotopic (exact) mass is 309 g/mol. The maximum Gasteiger partial charge on any atom is 0.273 e. The first kappa shape index (κ1) is 14.3. The van der Waals surface area contributed by atoms with Gasteiger partial charge >= 0.3 is 0 Å². The lowest BCUT2D eigenvalue weighted by atomic mass is 10.1. The van der Waals surface area contributed by atoms with Crippen molar-refractivity contribution in [2.45, 2.75) is 6.92 Å². The number of carbonyl (C=O) groups excluding carboxylic acids is 1.